The number of anilines is 1. The van der Waals surface area contributed by atoms with Crippen molar-refractivity contribution < 1.29 is 4.74 Å². The summed E-state index contributed by atoms with van der Waals surface area (Å²) in [5, 5.41) is 20.1. The number of nitriles is 2. The van der Waals surface area contributed by atoms with E-state index in [4.69, 9.17) is 10.5 Å². The number of nitrogens with one attached hydrogen (secondary N) is 1. The van der Waals surface area contributed by atoms with Crippen LogP contribution in [-0.4, -0.2) is 5.90 Å². The summed E-state index contributed by atoms with van der Waals surface area (Å²) in [5.74, 6) is -0.323. The van der Waals surface area contributed by atoms with Crippen LogP contribution in [0.4, 0.5) is 5.69 Å². The van der Waals surface area contributed by atoms with Crippen molar-refractivity contribution in [3.8, 4) is 12.3 Å². The molecule has 1 rings (SSSR count). The molecule has 0 unspecified atom stereocenters. The van der Waals surface area contributed by atoms with Gasteiger partial charge < -0.3 is 4.74 Å². The van der Waals surface area contributed by atoms with Crippen molar-refractivity contribution in [1.29, 1.82) is 10.5 Å². The van der Waals surface area contributed by atoms with Crippen LogP contribution in [0.25, 0.3) is 0 Å². The van der Waals surface area contributed by atoms with Gasteiger partial charge in [0.05, 0.1) is 5.69 Å². The number of para-hydroxylation sites is 1. The second kappa shape index (κ2) is 5.18. The van der Waals surface area contributed by atoms with Gasteiger partial charge in [0.1, 0.15) is 0 Å². The molecule has 1 aromatic rings. The molecule has 1 N–H and O–H groups in total. The Morgan fingerprint density at radius 1 is 1.29 bits per heavy atom. The summed E-state index contributed by atoms with van der Waals surface area (Å²) >= 11 is 0. The summed E-state index contributed by atoms with van der Waals surface area (Å²) in [7, 11) is 0. The Hall–Kier alpha value is -2.53. The number of rotatable bonds is 2. The monoisotopic (exact) mass is 186 g/mol. The highest BCUT2D eigenvalue weighted by Crippen LogP contribution is 2.04. The molecule has 0 spiro atoms. The van der Waals surface area contributed by atoms with Crippen molar-refractivity contribution in [3.63, 3.8) is 0 Å². The molecule has 0 bridgehead atoms. The lowest BCUT2D eigenvalue weighted by Crippen LogP contribution is -2.00. The zero-order valence-corrected chi connectivity index (χ0v) is 7.14. The molecule has 68 valence electrons. The van der Waals surface area contributed by atoms with Gasteiger partial charge in [0.2, 0.25) is 0 Å². The zero-order chi connectivity index (χ0) is 10.2. The maximum atomic E-state index is 8.44. The fraction of sp³-hybridized carbons (Fsp3) is 0. The van der Waals surface area contributed by atoms with Crippen molar-refractivity contribution in [2.45, 2.75) is 0 Å². The van der Waals surface area contributed by atoms with Crippen LogP contribution in [0.3, 0.4) is 0 Å². The molecular formula is C9H6N4O. The second-order valence-electron chi connectivity index (χ2n) is 2.20. The molecule has 0 atom stereocenters. The smallest absolute Gasteiger partial charge is 0.328 e. The third-order valence-corrected chi connectivity index (χ3v) is 1.30. The van der Waals surface area contributed by atoms with E-state index in [9.17, 15) is 0 Å². The van der Waals surface area contributed by atoms with Crippen molar-refractivity contribution in [2.24, 2.45) is 5.10 Å². The Morgan fingerprint density at radius 2 is 2.00 bits per heavy atom. The summed E-state index contributed by atoms with van der Waals surface area (Å²) < 4.78 is 4.24. The average Bonchev–Trinajstić information content (AvgIpc) is 2.25. The zero-order valence-electron chi connectivity index (χ0n) is 7.14. The standard InChI is InChI=1S/C9H6N4O/c10-6-9(14-7-11)13-12-8-4-2-1-3-5-8/h1-5,12H. The fourth-order valence-electron chi connectivity index (χ4n) is 0.742. The summed E-state index contributed by atoms with van der Waals surface area (Å²) in [6.45, 7) is 0. The molecule has 0 heterocycles. The van der Waals surface area contributed by atoms with Gasteiger partial charge in [0, 0.05) is 0 Å². The van der Waals surface area contributed by atoms with E-state index in [2.05, 4.69) is 15.3 Å². The van der Waals surface area contributed by atoms with Crippen molar-refractivity contribution >= 4 is 11.6 Å². The topological polar surface area (TPSA) is 81.2 Å². The Labute approximate surface area is 80.8 Å². The highest BCUT2D eigenvalue weighted by molar-refractivity contribution is 5.92. The van der Waals surface area contributed by atoms with E-state index in [-0.39, 0.29) is 5.90 Å². The van der Waals surface area contributed by atoms with Gasteiger partial charge in [-0.25, -0.2) is 0 Å². The first-order valence-electron chi connectivity index (χ1n) is 3.71. The lowest BCUT2D eigenvalue weighted by molar-refractivity contribution is 0.504. The third-order valence-electron chi connectivity index (χ3n) is 1.30. The minimum absolute atomic E-state index is 0.323. The van der Waals surface area contributed by atoms with E-state index < -0.39 is 0 Å². The van der Waals surface area contributed by atoms with Crippen LogP contribution in [0.1, 0.15) is 0 Å². The van der Waals surface area contributed by atoms with Gasteiger partial charge in [-0.05, 0) is 12.1 Å². The van der Waals surface area contributed by atoms with Gasteiger partial charge in [-0.1, -0.05) is 18.2 Å². The number of hydrogen-bond acceptors (Lipinski definition) is 5. The molecule has 0 amide bonds. The molecule has 1 aromatic carbocycles. The van der Waals surface area contributed by atoms with Gasteiger partial charge in [0.25, 0.3) is 6.26 Å². The molecule has 14 heavy (non-hydrogen) atoms. The normalized spacial score (nSPS) is 9.71. The predicted molar refractivity (Wildman–Crippen MR) is 49.8 cm³/mol. The summed E-state index contributed by atoms with van der Waals surface area (Å²) in [6.07, 6.45) is 1.36. The van der Waals surface area contributed by atoms with Gasteiger partial charge in [-0.3, -0.25) is 5.43 Å². The Kier molecular flexibility index (Phi) is 3.53. The quantitative estimate of drug-likeness (QED) is 0.328. The molecule has 0 radical (unpaired) electrons. The highest BCUT2D eigenvalue weighted by atomic mass is 16.5. The molecule has 0 aliphatic heterocycles. The van der Waals surface area contributed by atoms with Crippen molar-refractivity contribution in [3.05, 3.63) is 30.3 Å². The molecule has 0 aliphatic carbocycles. The maximum absolute atomic E-state index is 8.44. The van der Waals surface area contributed by atoms with Gasteiger partial charge in [0.15, 0.2) is 6.07 Å². The highest BCUT2D eigenvalue weighted by Gasteiger charge is 1.96. The number of hydrogen-bond donors (Lipinski definition) is 1. The van der Waals surface area contributed by atoms with Crippen molar-refractivity contribution in [2.75, 3.05) is 5.43 Å². The van der Waals surface area contributed by atoms with Crippen LogP contribution in [-0.2, 0) is 4.74 Å². The number of nitrogens with zero attached hydrogens (tertiary/aromatic N) is 3. The first kappa shape index (κ1) is 9.56. The average molecular weight is 186 g/mol. The molecule has 0 fully saturated rings. The van der Waals surface area contributed by atoms with Crippen LogP contribution in [0.5, 0.6) is 0 Å². The van der Waals surface area contributed by atoms with Crippen LogP contribution in [0.15, 0.2) is 35.4 Å². The largest absolute Gasteiger partial charge is 0.355 e. The Bertz CT molecular complexity index is 399. The van der Waals surface area contributed by atoms with E-state index in [1.807, 2.05) is 18.2 Å². The first-order chi connectivity index (χ1) is 6.86. The second-order valence-corrected chi connectivity index (χ2v) is 2.20. The van der Waals surface area contributed by atoms with Gasteiger partial charge in [-0.2, -0.15) is 5.26 Å². The molecule has 5 nitrogen and oxygen atoms in total. The van der Waals surface area contributed by atoms with E-state index in [1.165, 1.54) is 6.26 Å². The van der Waals surface area contributed by atoms with Crippen LogP contribution >= 0.6 is 0 Å². The molecule has 0 saturated carbocycles. The fourth-order valence-corrected chi connectivity index (χ4v) is 0.742. The minimum atomic E-state index is -0.323. The van der Waals surface area contributed by atoms with Crippen LogP contribution in [0.2, 0.25) is 0 Å². The lowest BCUT2D eigenvalue weighted by atomic mass is 10.3. The first-order valence-corrected chi connectivity index (χ1v) is 3.71. The summed E-state index contributed by atoms with van der Waals surface area (Å²) in [5.41, 5.74) is 3.28. The van der Waals surface area contributed by atoms with E-state index in [0.29, 0.717) is 5.69 Å². The van der Waals surface area contributed by atoms with Gasteiger partial charge >= 0.3 is 5.90 Å². The van der Waals surface area contributed by atoms with E-state index in [1.54, 1.807) is 18.2 Å². The van der Waals surface area contributed by atoms with E-state index >= 15 is 0 Å². The predicted octanol–water partition coefficient (Wildman–Crippen LogP) is 1.43. The molecule has 0 saturated heterocycles. The molecule has 5 heteroatoms. The maximum Gasteiger partial charge on any atom is 0.328 e. The Balaban J connectivity index is 2.64. The molecule has 0 aromatic heterocycles. The lowest BCUT2D eigenvalue weighted by Gasteiger charge is -1.97. The van der Waals surface area contributed by atoms with Crippen LogP contribution in [0, 0.1) is 22.8 Å². The number of ether oxygens (including phenoxy) is 1. The van der Waals surface area contributed by atoms with Gasteiger partial charge in [-0.15, -0.1) is 10.4 Å². The summed E-state index contributed by atoms with van der Waals surface area (Å²) in [6, 6.07) is 10.6. The number of benzene rings is 1. The third kappa shape index (κ3) is 2.84. The number of hydrazone groups is 1. The molecule has 0 aliphatic rings. The Morgan fingerprint density at radius 3 is 2.57 bits per heavy atom. The van der Waals surface area contributed by atoms with Crippen molar-refractivity contribution in [1.82, 2.24) is 0 Å². The SMILES string of the molecule is N#COC(C#N)=NNc1ccccc1. The molecular weight excluding hydrogens is 180 g/mol. The van der Waals surface area contributed by atoms with E-state index in [0.717, 1.165) is 0 Å². The summed E-state index contributed by atoms with van der Waals surface area (Å²) in [4.78, 5) is 0. The van der Waals surface area contributed by atoms with Crippen LogP contribution < -0.4 is 5.43 Å². The minimum Gasteiger partial charge on any atom is -0.355 e.